The molecule has 0 aromatic heterocycles. The molecule has 4 heteroatoms. The number of anilines is 1. The molecule has 0 fully saturated rings. The first-order valence-electron chi connectivity index (χ1n) is 6.76. The summed E-state index contributed by atoms with van der Waals surface area (Å²) in [4.78, 5) is 11.5. The van der Waals surface area contributed by atoms with Crippen molar-refractivity contribution in [2.75, 3.05) is 5.73 Å². The molecule has 0 saturated carbocycles. The zero-order chi connectivity index (χ0) is 15.6. The van der Waals surface area contributed by atoms with Crippen LogP contribution >= 0.6 is 0 Å². The highest BCUT2D eigenvalue weighted by molar-refractivity contribution is 5.97. The second-order valence-corrected chi connectivity index (χ2v) is 5.94. The fourth-order valence-electron chi connectivity index (χ4n) is 2.15. The first-order valence-corrected chi connectivity index (χ1v) is 6.76. The monoisotopic (exact) mass is 284 g/mol. The minimum Gasteiger partial charge on any atom is -0.454 e. The molecule has 0 aliphatic heterocycles. The van der Waals surface area contributed by atoms with E-state index in [0.717, 1.165) is 5.56 Å². The minimum absolute atomic E-state index is 0.0903. The number of nitrogen functional groups attached to an aromatic ring is 1. The predicted molar refractivity (Wildman–Crippen MR) is 84.6 cm³/mol. The Morgan fingerprint density at radius 2 is 1.71 bits per heavy atom. The Morgan fingerprint density at radius 3 is 2.33 bits per heavy atom. The highest BCUT2D eigenvalue weighted by Gasteiger charge is 2.21. The Balaban J connectivity index is 2.52. The molecule has 2 rings (SSSR count). The van der Waals surface area contributed by atoms with Crippen LogP contribution < -0.4 is 16.2 Å². The average Bonchev–Trinajstić information content (AvgIpc) is 2.40. The summed E-state index contributed by atoms with van der Waals surface area (Å²) in [5.41, 5.74) is 12.9. The van der Waals surface area contributed by atoms with E-state index in [1.807, 2.05) is 24.3 Å². The molecule has 0 bridgehead atoms. The number of benzene rings is 2. The minimum atomic E-state index is -0.564. The summed E-state index contributed by atoms with van der Waals surface area (Å²) in [5.74, 6) is 0.414. The van der Waals surface area contributed by atoms with Crippen LogP contribution in [0.25, 0.3) is 0 Å². The topological polar surface area (TPSA) is 78.3 Å². The summed E-state index contributed by atoms with van der Waals surface area (Å²) in [6.45, 7) is 6.29. The summed E-state index contributed by atoms with van der Waals surface area (Å²) in [7, 11) is 0. The number of carbonyl (C=O) groups is 1. The van der Waals surface area contributed by atoms with Crippen molar-refractivity contribution < 1.29 is 9.53 Å². The second kappa shape index (κ2) is 5.48. The van der Waals surface area contributed by atoms with Crippen LogP contribution in [0.1, 0.15) is 36.7 Å². The van der Waals surface area contributed by atoms with E-state index in [9.17, 15) is 4.79 Å². The number of hydrogen-bond donors (Lipinski definition) is 2. The summed E-state index contributed by atoms with van der Waals surface area (Å²) < 4.78 is 5.93. The van der Waals surface area contributed by atoms with Crippen molar-refractivity contribution in [3.63, 3.8) is 0 Å². The van der Waals surface area contributed by atoms with Crippen molar-refractivity contribution >= 4 is 11.6 Å². The number of rotatable bonds is 3. The Kier molecular flexibility index (Phi) is 3.89. The van der Waals surface area contributed by atoms with Gasteiger partial charge in [-0.25, -0.2) is 0 Å². The van der Waals surface area contributed by atoms with Crippen LogP contribution in [0, 0.1) is 0 Å². The van der Waals surface area contributed by atoms with E-state index in [1.54, 1.807) is 18.2 Å². The molecule has 0 saturated heterocycles. The fourth-order valence-corrected chi connectivity index (χ4v) is 2.15. The van der Waals surface area contributed by atoms with E-state index in [4.69, 9.17) is 16.2 Å². The van der Waals surface area contributed by atoms with Crippen molar-refractivity contribution in [1.29, 1.82) is 0 Å². The van der Waals surface area contributed by atoms with E-state index in [0.29, 0.717) is 17.2 Å². The molecule has 4 N–H and O–H groups in total. The highest BCUT2D eigenvalue weighted by atomic mass is 16.5. The van der Waals surface area contributed by atoms with Crippen LogP contribution in [0.4, 0.5) is 5.69 Å². The lowest BCUT2D eigenvalue weighted by Crippen LogP contribution is -2.15. The van der Waals surface area contributed by atoms with Gasteiger partial charge in [-0.05, 0) is 23.6 Å². The smallest absolute Gasteiger partial charge is 0.252 e. The van der Waals surface area contributed by atoms with Gasteiger partial charge in [0.15, 0.2) is 5.75 Å². The van der Waals surface area contributed by atoms with Gasteiger partial charge in [0.25, 0.3) is 5.91 Å². The molecular weight excluding hydrogens is 264 g/mol. The van der Waals surface area contributed by atoms with Gasteiger partial charge in [-0.2, -0.15) is 0 Å². The van der Waals surface area contributed by atoms with Crippen LogP contribution in [0.2, 0.25) is 0 Å². The molecule has 21 heavy (non-hydrogen) atoms. The van der Waals surface area contributed by atoms with Gasteiger partial charge in [0.2, 0.25) is 0 Å². The van der Waals surface area contributed by atoms with E-state index in [1.165, 1.54) is 0 Å². The molecule has 0 atom stereocenters. The van der Waals surface area contributed by atoms with Crippen molar-refractivity contribution in [3.8, 4) is 11.5 Å². The molecule has 110 valence electrons. The third-order valence-corrected chi connectivity index (χ3v) is 3.22. The van der Waals surface area contributed by atoms with Gasteiger partial charge in [-0.15, -0.1) is 0 Å². The van der Waals surface area contributed by atoms with Crippen LogP contribution in [0.5, 0.6) is 11.5 Å². The Bertz CT molecular complexity index is 673. The predicted octanol–water partition coefficient (Wildman–Crippen LogP) is 3.46. The van der Waals surface area contributed by atoms with E-state index in [-0.39, 0.29) is 11.0 Å². The standard InChI is InChI=1S/C17H20N2O2/c1-17(2,3)12-8-4-5-10-14(12)21-15-11(16(19)20)7-6-9-13(15)18/h4-10H,18H2,1-3H3,(H2,19,20). The lowest BCUT2D eigenvalue weighted by atomic mass is 9.86. The summed E-state index contributed by atoms with van der Waals surface area (Å²) >= 11 is 0. The molecule has 0 spiro atoms. The third-order valence-electron chi connectivity index (χ3n) is 3.22. The highest BCUT2D eigenvalue weighted by Crippen LogP contribution is 2.37. The number of nitrogens with two attached hydrogens (primary N) is 2. The number of ether oxygens (including phenoxy) is 1. The quantitative estimate of drug-likeness (QED) is 0.847. The molecule has 1 amide bonds. The van der Waals surface area contributed by atoms with Gasteiger partial charge >= 0.3 is 0 Å². The summed E-state index contributed by atoms with van der Waals surface area (Å²) in [6, 6.07) is 12.7. The maximum absolute atomic E-state index is 11.5. The zero-order valence-corrected chi connectivity index (χ0v) is 12.5. The largest absolute Gasteiger partial charge is 0.454 e. The molecule has 0 unspecified atom stereocenters. The number of para-hydroxylation sites is 2. The van der Waals surface area contributed by atoms with Crippen LogP contribution in [0.15, 0.2) is 42.5 Å². The van der Waals surface area contributed by atoms with Crippen molar-refractivity contribution in [1.82, 2.24) is 0 Å². The molecule has 2 aromatic carbocycles. The molecule has 0 heterocycles. The van der Waals surface area contributed by atoms with Crippen molar-refractivity contribution in [2.24, 2.45) is 5.73 Å². The van der Waals surface area contributed by atoms with Gasteiger partial charge in [0.1, 0.15) is 5.75 Å². The summed E-state index contributed by atoms with van der Waals surface area (Å²) in [6.07, 6.45) is 0. The van der Waals surface area contributed by atoms with Gasteiger partial charge in [-0.3, -0.25) is 4.79 Å². The van der Waals surface area contributed by atoms with Crippen molar-refractivity contribution in [2.45, 2.75) is 26.2 Å². The van der Waals surface area contributed by atoms with E-state index in [2.05, 4.69) is 20.8 Å². The first-order chi connectivity index (χ1) is 9.80. The van der Waals surface area contributed by atoms with Crippen LogP contribution in [-0.2, 0) is 5.41 Å². The molecular formula is C17H20N2O2. The SMILES string of the molecule is CC(C)(C)c1ccccc1Oc1c(N)cccc1C(N)=O. The number of hydrogen-bond acceptors (Lipinski definition) is 3. The molecule has 4 nitrogen and oxygen atoms in total. The van der Waals surface area contributed by atoms with Gasteiger partial charge in [0, 0.05) is 5.56 Å². The Labute approximate surface area is 124 Å². The fraction of sp³-hybridized carbons (Fsp3) is 0.235. The van der Waals surface area contributed by atoms with Gasteiger partial charge in [0.05, 0.1) is 11.3 Å². The third kappa shape index (κ3) is 3.16. The van der Waals surface area contributed by atoms with Crippen LogP contribution in [-0.4, -0.2) is 5.91 Å². The summed E-state index contributed by atoms with van der Waals surface area (Å²) in [5, 5.41) is 0. The van der Waals surface area contributed by atoms with Crippen molar-refractivity contribution in [3.05, 3.63) is 53.6 Å². The molecule has 0 aliphatic carbocycles. The lowest BCUT2D eigenvalue weighted by molar-refractivity contribution is 0.0998. The maximum Gasteiger partial charge on any atom is 0.252 e. The molecule has 0 radical (unpaired) electrons. The Hall–Kier alpha value is -2.49. The average molecular weight is 284 g/mol. The number of primary amides is 1. The number of carbonyl (C=O) groups excluding carboxylic acids is 1. The van der Waals surface area contributed by atoms with E-state index < -0.39 is 5.91 Å². The normalized spacial score (nSPS) is 11.2. The molecule has 2 aromatic rings. The maximum atomic E-state index is 11.5. The van der Waals surface area contributed by atoms with Gasteiger partial charge in [-0.1, -0.05) is 45.0 Å². The second-order valence-electron chi connectivity index (χ2n) is 5.94. The zero-order valence-electron chi connectivity index (χ0n) is 12.5. The van der Waals surface area contributed by atoms with E-state index >= 15 is 0 Å². The van der Waals surface area contributed by atoms with Gasteiger partial charge < -0.3 is 16.2 Å². The number of amides is 1. The molecule has 0 aliphatic rings. The van der Waals surface area contributed by atoms with Crippen LogP contribution in [0.3, 0.4) is 0 Å². The first kappa shape index (κ1) is 14.9. The Morgan fingerprint density at radius 1 is 1.05 bits per heavy atom. The lowest BCUT2D eigenvalue weighted by Gasteiger charge is -2.23.